The molecule has 76 valence electrons. The van der Waals surface area contributed by atoms with Crippen LogP contribution in [0.25, 0.3) is 0 Å². The molecule has 1 aromatic rings. The third-order valence-corrected chi connectivity index (χ3v) is 3.19. The Hall–Kier alpha value is -0.860. The van der Waals surface area contributed by atoms with Crippen LogP contribution in [0.4, 0.5) is 0 Å². The summed E-state index contributed by atoms with van der Waals surface area (Å²) in [6.07, 6.45) is 3.12. The van der Waals surface area contributed by atoms with E-state index in [0.717, 1.165) is 18.4 Å². The first-order valence-electron chi connectivity index (χ1n) is 5.27. The summed E-state index contributed by atoms with van der Waals surface area (Å²) in [4.78, 5) is 0. The minimum Gasteiger partial charge on any atom is -0.391 e. The summed E-state index contributed by atoms with van der Waals surface area (Å²) < 4.78 is 0. The van der Waals surface area contributed by atoms with E-state index in [1.165, 1.54) is 6.42 Å². The zero-order valence-electron chi connectivity index (χ0n) is 8.26. The van der Waals surface area contributed by atoms with E-state index in [2.05, 4.69) is 0 Å². The SMILES string of the molecule is NC(c1ccccc1)C(O)C1CCC1. The molecule has 0 saturated heterocycles. The second-order valence-electron chi connectivity index (χ2n) is 4.12. The van der Waals surface area contributed by atoms with E-state index in [9.17, 15) is 5.11 Å². The van der Waals surface area contributed by atoms with E-state index < -0.39 is 0 Å². The highest BCUT2D eigenvalue weighted by Crippen LogP contribution is 2.34. The molecule has 2 unspecified atom stereocenters. The molecule has 0 aliphatic heterocycles. The Bertz CT molecular complexity index is 282. The molecule has 0 amide bonds. The smallest absolute Gasteiger partial charge is 0.0760 e. The van der Waals surface area contributed by atoms with Gasteiger partial charge in [0.25, 0.3) is 0 Å². The van der Waals surface area contributed by atoms with Gasteiger partial charge in [-0.1, -0.05) is 36.8 Å². The zero-order chi connectivity index (χ0) is 9.97. The summed E-state index contributed by atoms with van der Waals surface area (Å²) in [5, 5.41) is 9.97. The van der Waals surface area contributed by atoms with Gasteiger partial charge in [0.1, 0.15) is 0 Å². The van der Waals surface area contributed by atoms with Gasteiger partial charge < -0.3 is 10.8 Å². The van der Waals surface area contributed by atoms with E-state index in [-0.39, 0.29) is 12.1 Å². The van der Waals surface area contributed by atoms with Gasteiger partial charge >= 0.3 is 0 Å². The molecule has 2 nitrogen and oxygen atoms in total. The number of benzene rings is 1. The van der Waals surface area contributed by atoms with Gasteiger partial charge in [-0.3, -0.25) is 0 Å². The van der Waals surface area contributed by atoms with Gasteiger partial charge in [-0.05, 0) is 24.3 Å². The Labute approximate surface area is 84.7 Å². The summed E-state index contributed by atoms with van der Waals surface area (Å²) in [6, 6.07) is 9.62. The van der Waals surface area contributed by atoms with Crippen LogP contribution in [-0.4, -0.2) is 11.2 Å². The Morgan fingerprint density at radius 2 is 1.86 bits per heavy atom. The van der Waals surface area contributed by atoms with Crippen molar-refractivity contribution >= 4 is 0 Å². The second-order valence-corrected chi connectivity index (χ2v) is 4.12. The lowest BCUT2D eigenvalue weighted by atomic mass is 9.77. The molecule has 0 spiro atoms. The minimum absolute atomic E-state index is 0.221. The lowest BCUT2D eigenvalue weighted by Gasteiger charge is -2.33. The fourth-order valence-corrected chi connectivity index (χ4v) is 1.95. The summed E-state index contributed by atoms with van der Waals surface area (Å²) in [6.45, 7) is 0. The fourth-order valence-electron chi connectivity index (χ4n) is 1.95. The first kappa shape index (κ1) is 9.69. The van der Waals surface area contributed by atoms with E-state index >= 15 is 0 Å². The molecule has 1 fully saturated rings. The molecular weight excluding hydrogens is 174 g/mol. The average Bonchev–Trinajstić information content (AvgIpc) is 2.15. The van der Waals surface area contributed by atoms with Gasteiger partial charge in [-0.2, -0.15) is 0 Å². The number of nitrogens with two attached hydrogens (primary N) is 1. The number of hydrogen-bond acceptors (Lipinski definition) is 2. The quantitative estimate of drug-likeness (QED) is 0.766. The molecule has 2 atom stereocenters. The monoisotopic (exact) mass is 191 g/mol. The molecule has 0 radical (unpaired) electrons. The predicted molar refractivity (Wildman–Crippen MR) is 56.7 cm³/mol. The molecular formula is C12H17NO. The van der Waals surface area contributed by atoms with Crippen molar-refractivity contribution in [2.45, 2.75) is 31.4 Å². The molecule has 1 saturated carbocycles. The van der Waals surface area contributed by atoms with Gasteiger partial charge in [0.15, 0.2) is 0 Å². The highest BCUT2D eigenvalue weighted by molar-refractivity contribution is 5.19. The van der Waals surface area contributed by atoms with Gasteiger partial charge in [-0.15, -0.1) is 0 Å². The van der Waals surface area contributed by atoms with Crippen LogP contribution in [0.15, 0.2) is 30.3 Å². The topological polar surface area (TPSA) is 46.2 Å². The number of aliphatic hydroxyl groups is 1. The number of aliphatic hydroxyl groups excluding tert-OH is 1. The van der Waals surface area contributed by atoms with Crippen molar-refractivity contribution in [1.82, 2.24) is 0 Å². The maximum absolute atomic E-state index is 9.97. The summed E-state index contributed by atoms with van der Waals surface area (Å²) in [5.41, 5.74) is 7.03. The van der Waals surface area contributed by atoms with Gasteiger partial charge in [0.2, 0.25) is 0 Å². The maximum atomic E-state index is 9.97. The third-order valence-electron chi connectivity index (χ3n) is 3.19. The van der Waals surface area contributed by atoms with Crippen molar-refractivity contribution in [3.05, 3.63) is 35.9 Å². The maximum Gasteiger partial charge on any atom is 0.0760 e. The van der Waals surface area contributed by atoms with E-state index in [1.54, 1.807) is 0 Å². The van der Waals surface area contributed by atoms with Crippen LogP contribution in [0.5, 0.6) is 0 Å². The standard InChI is InChI=1S/C12H17NO/c13-11(9-5-2-1-3-6-9)12(14)10-7-4-8-10/h1-3,5-6,10-12,14H,4,7-8,13H2. The summed E-state index contributed by atoms with van der Waals surface area (Å²) in [5.74, 6) is 0.421. The first-order valence-corrected chi connectivity index (χ1v) is 5.27. The fraction of sp³-hybridized carbons (Fsp3) is 0.500. The molecule has 1 aromatic carbocycles. The molecule has 14 heavy (non-hydrogen) atoms. The number of rotatable bonds is 3. The van der Waals surface area contributed by atoms with Gasteiger partial charge in [-0.25, -0.2) is 0 Å². The zero-order valence-corrected chi connectivity index (χ0v) is 8.26. The van der Waals surface area contributed by atoms with Crippen LogP contribution < -0.4 is 5.73 Å². The largest absolute Gasteiger partial charge is 0.391 e. The van der Waals surface area contributed by atoms with Crippen molar-refractivity contribution in [3.63, 3.8) is 0 Å². The van der Waals surface area contributed by atoms with Crippen LogP contribution in [0.3, 0.4) is 0 Å². The molecule has 3 N–H and O–H groups in total. The van der Waals surface area contributed by atoms with E-state index in [4.69, 9.17) is 5.73 Å². The van der Waals surface area contributed by atoms with Gasteiger partial charge in [0, 0.05) is 0 Å². The van der Waals surface area contributed by atoms with Crippen LogP contribution in [0, 0.1) is 5.92 Å². The van der Waals surface area contributed by atoms with E-state index in [0.29, 0.717) is 5.92 Å². The molecule has 1 aliphatic carbocycles. The first-order chi connectivity index (χ1) is 6.79. The molecule has 0 aromatic heterocycles. The highest BCUT2D eigenvalue weighted by Gasteiger charge is 2.30. The third kappa shape index (κ3) is 1.81. The molecule has 0 bridgehead atoms. The Kier molecular flexibility index (Phi) is 2.85. The second kappa shape index (κ2) is 4.11. The Morgan fingerprint density at radius 3 is 2.36 bits per heavy atom. The normalized spacial score (nSPS) is 21.3. The van der Waals surface area contributed by atoms with E-state index in [1.807, 2.05) is 30.3 Å². The average molecular weight is 191 g/mol. The van der Waals surface area contributed by atoms with Crippen molar-refractivity contribution in [3.8, 4) is 0 Å². The molecule has 1 aliphatic rings. The van der Waals surface area contributed by atoms with Gasteiger partial charge in [0.05, 0.1) is 12.1 Å². The summed E-state index contributed by atoms with van der Waals surface area (Å²) in [7, 11) is 0. The lowest BCUT2D eigenvalue weighted by Crippen LogP contribution is -2.36. The molecule has 2 heteroatoms. The van der Waals surface area contributed by atoms with Crippen molar-refractivity contribution in [2.24, 2.45) is 11.7 Å². The van der Waals surface area contributed by atoms with Crippen LogP contribution in [0.1, 0.15) is 30.9 Å². The Balaban J connectivity index is 2.03. The number of hydrogen-bond donors (Lipinski definition) is 2. The van der Waals surface area contributed by atoms with Crippen molar-refractivity contribution in [1.29, 1.82) is 0 Å². The van der Waals surface area contributed by atoms with Crippen molar-refractivity contribution in [2.75, 3.05) is 0 Å². The van der Waals surface area contributed by atoms with Crippen LogP contribution in [0.2, 0.25) is 0 Å². The predicted octanol–water partition coefficient (Wildman–Crippen LogP) is 1.85. The Morgan fingerprint density at radius 1 is 1.21 bits per heavy atom. The van der Waals surface area contributed by atoms with Crippen molar-refractivity contribution < 1.29 is 5.11 Å². The molecule has 0 heterocycles. The lowest BCUT2D eigenvalue weighted by molar-refractivity contribution is 0.0414. The summed E-state index contributed by atoms with van der Waals surface area (Å²) >= 11 is 0. The molecule has 2 rings (SSSR count). The highest BCUT2D eigenvalue weighted by atomic mass is 16.3. The van der Waals surface area contributed by atoms with Crippen LogP contribution >= 0.6 is 0 Å². The van der Waals surface area contributed by atoms with Crippen LogP contribution in [-0.2, 0) is 0 Å². The minimum atomic E-state index is -0.369.